The van der Waals surface area contributed by atoms with Gasteiger partial charge in [-0.2, -0.15) is 0 Å². The zero-order chi connectivity index (χ0) is 17.9. The molecule has 0 bridgehead atoms. The van der Waals surface area contributed by atoms with E-state index in [0.717, 1.165) is 29.5 Å². The van der Waals surface area contributed by atoms with Gasteiger partial charge in [-0.15, -0.1) is 0 Å². The maximum atomic E-state index is 13.0. The quantitative estimate of drug-likeness (QED) is 0.847. The predicted molar refractivity (Wildman–Crippen MR) is 91.3 cm³/mol. The molecule has 0 radical (unpaired) electrons. The molecule has 1 saturated carbocycles. The van der Waals surface area contributed by atoms with Crippen LogP contribution in [-0.4, -0.2) is 25.2 Å². The lowest BCUT2D eigenvalue weighted by atomic mass is 9.93. The van der Waals surface area contributed by atoms with E-state index < -0.39 is 18.6 Å². The fourth-order valence-electron chi connectivity index (χ4n) is 2.81. The van der Waals surface area contributed by atoms with Gasteiger partial charge in [0.25, 0.3) is 5.91 Å². The lowest BCUT2D eigenvalue weighted by molar-refractivity contribution is -0.120. The molecule has 0 aliphatic heterocycles. The number of alkyl carbamates (subject to hydrolysis) is 1. The maximum absolute atomic E-state index is 13.0. The standard InChI is InChI=1S/C19H19FN2O3/c20-16-7-3-14(4-8-16)13-1-5-15(6-2-13)19(9-10-19)12-22-18(24)25-11-17(21)23/h1-8H,9-12H2,(H2,21,23)(H,22,24). The van der Waals surface area contributed by atoms with E-state index in [4.69, 9.17) is 10.5 Å². The first-order chi connectivity index (χ1) is 12.0. The molecule has 0 heterocycles. The van der Waals surface area contributed by atoms with E-state index in [2.05, 4.69) is 5.32 Å². The summed E-state index contributed by atoms with van der Waals surface area (Å²) < 4.78 is 17.7. The van der Waals surface area contributed by atoms with Gasteiger partial charge in [-0.05, 0) is 41.7 Å². The highest BCUT2D eigenvalue weighted by Crippen LogP contribution is 2.47. The molecule has 0 saturated heterocycles. The van der Waals surface area contributed by atoms with Gasteiger partial charge >= 0.3 is 6.09 Å². The van der Waals surface area contributed by atoms with E-state index in [1.165, 1.54) is 12.1 Å². The van der Waals surface area contributed by atoms with Gasteiger partial charge in [-0.25, -0.2) is 9.18 Å². The molecule has 130 valence electrons. The molecule has 2 aromatic carbocycles. The Kier molecular flexibility index (Phi) is 4.70. The molecule has 25 heavy (non-hydrogen) atoms. The van der Waals surface area contributed by atoms with Crippen LogP contribution in [0.3, 0.4) is 0 Å². The van der Waals surface area contributed by atoms with Crippen molar-refractivity contribution in [3.63, 3.8) is 0 Å². The number of rotatable bonds is 6. The summed E-state index contributed by atoms with van der Waals surface area (Å²) in [6.45, 7) is 0.0195. The molecule has 0 unspecified atom stereocenters. The summed E-state index contributed by atoms with van der Waals surface area (Å²) in [7, 11) is 0. The third-order valence-electron chi connectivity index (χ3n) is 4.45. The summed E-state index contributed by atoms with van der Waals surface area (Å²) in [6, 6.07) is 14.4. The van der Waals surface area contributed by atoms with E-state index in [9.17, 15) is 14.0 Å². The average Bonchev–Trinajstić information content (AvgIpc) is 3.40. The van der Waals surface area contributed by atoms with Crippen molar-refractivity contribution in [1.29, 1.82) is 0 Å². The first-order valence-corrected chi connectivity index (χ1v) is 8.04. The van der Waals surface area contributed by atoms with Crippen LogP contribution in [0.5, 0.6) is 0 Å². The van der Waals surface area contributed by atoms with E-state index in [1.54, 1.807) is 12.1 Å². The molecular weight excluding hydrogens is 323 g/mol. The molecule has 0 spiro atoms. The largest absolute Gasteiger partial charge is 0.439 e. The second-order valence-electron chi connectivity index (χ2n) is 6.26. The molecule has 1 fully saturated rings. The number of benzene rings is 2. The number of nitrogens with two attached hydrogens (primary N) is 1. The van der Waals surface area contributed by atoms with E-state index in [-0.39, 0.29) is 11.2 Å². The average molecular weight is 342 g/mol. The van der Waals surface area contributed by atoms with Crippen molar-refractivity contribution in [1.82, 2.24) is 5.32 Å². The number of carbonyl (C=O) groups is 2. The highest BCUT2D eigenvalue weighted by molar-refractivity contribution is 5.78. The minimum atomic E-state index is -0.687. The highest BCUT2D eigenvalue weighted by Gasteiger charge is 2.44. The Morgan fingerprint density at radius 2 is 1.60 bits per heavy atom. The van der Waals surface area contributed by atoms with Gasteiger partial charge in [0.15, 0.2) is 6.61 Å². The molecule has 0 aromatic heterocycles. The van der Waals surface area contributed by atoms with Crippen LogP contribution in [0, 0.1) is 5.82 Å². The lowest BCUT2D eigenvalue weighted by Gasteiger charge is -2.17. The van der Waals surface area contributed by atoms with Crippen molar-refractivity contribution >= 4 is 12.0 Å². The van der Waals surface area contributed by atoms with Crippen LogP contribution in [-0.2, 0) is 14.9 Å². The minimum Gasteiger partial charge on any atom is -0.439 e. The number of amides is 2. The Hall–Kier alpha value is -2.89. The summed E-state index contributed by atoms with van der Waals surface area (Å²) in [5.41, 5.74) is 7.93. The summed E-state index contributed by atoms with van der Waals surface area (Å²) in [5.74, 6) is -0.945. The zero-order valence-electron chi connectivity index (χ0n) is 13.6. The van der Waals surface area contributed by atoms with Crippen molar-refractivity contribution < 1.29 is 18.7 Å². The number of ether oxygens (including phenoxy) is 1. The molecule has 2 aromatic rings. The number of halogens is 1. The Labute approximate surface area is 145 Å². The van der Waals surface area contributed by atoms with Crippen molar-refractivity contribution in [2.75, 3.05) is 13.2 Å². The third-order valence-corrected chi connectivity index (χ3v) is 4.45. The zero-order valence-corrected chi connectivity index (χ0v) is 13.6. The summed E-state index contributed by atoms with van der Waals surface area (Å²) >= 11 is 0. The third kappa shape index (κ3) is 4.15. The predicted octanol–water partition coefficient (Wildman–Crippen LogP) is 2.74. The topological polar surface area (TPSA) is 81.4 Å². The summed E-state index contributed by atoms with van der Waals surface area (Å²) in [5, 5.41) is 2.68. The molecule has 0 atom stereocenters. The van der Waals surface area contributed by atoms with Gasteiger partial charge in [0.05, 0.1) is 0 Å². The Morgan fingerprint density at radius 1 is 1.04 bits per heavy atom. The van der Waals surface area contributed by atoms with Crippen molar-refractivity contribution in [3.8, 4) is 11.1 Å². The van der Waals surface area contributed by atoms with E-state index in [0.29, 0.717) is 6.54 Å². The second kappa shape index (κ2) is 6.93. The van der Waals surface area contributed by atoms with Crippen LogP contribution in [0.15, 0.2) is 48.5 Å². The van der Waals surface area contributed by atoms with Crippen LogP contribution in [0.4, 0.5) is 9.18 Å². The SMILES string of the molecule is NC(=O)COC(=O)NCC1(c2ccc(-c3ccc(F)cc3)cc2)CC1. The van der Waals surface area contributed by atoms with Crippen molar-refractivity contribution in [2.45, 2.75) is 18.3 Å². The minimum absolute atomic E-state index is 0.0902. The van der Waals surface area contributed by atoms with Gasteiger partial charge in [-0.3, -0.25) is 4.79 Å². The van der Waals surface area contributed by atoms with Gasteiger partial charge in [0, 0.05) is 12.0 Å². The Bertz CT molecular complexity index is 768. The monoisotopic (exact) mass is 342 g/mol. The van der Waals surface area contributed by atoms with Gasteiger partial charge in [0.2, 0.25) is 0 Å². The normalized spacial score (nSPS) is 14.6. The summed E-state index contributed by atoms with van der Waals surface area (Å²) in [4.78, 5) is 22.2. The molecule has 2 amide bonds. The second-order valence-corrected chi connectivity index (χ2v) is 6.26. The fourth-order valence-corrected chi connectivity index (χ4v) is 2.81. The highest BCUT2D eigenvalue weighted by atomic mass is 19.1. The van der Waals surface area contributed by atoms with Gasteiger partial charge in [-0.1, -0.05) is 36.4 Å². The Morgan fingerprint density at radius 3 is 2.12 bits per heavy atom. The molecule has 5 nitrogen and oxygen atoms in total. The number of hydrogen-bond donors (Lipinski definition) is 2. The van der Waals surface area contributed by atoms with Crippen LogP contribution in [0.1, 0.15) is 18.4 Å². The molecular formula is C19H19FN2O3. The van der Waals surface area contributed by atoms with Crippen LogP contribution in [0.2, 0.25) is 0 Å². The fraction of sp³-hybridized carbons (Fsp3) is 0.263. The molecule has 1 aliphatic carbocycles. The number of hydrogen-bond acceptors (Lipinski definition) is 3. The van der Waals surface area contributed by atoms with Crippen LogP contribution >= 0.6 is 0 Å². The maximum Gasteiger partial charge on any atom is 0.407 e. The first kappa shape index (κ1) is 17.0. The number of primary amides is 1. The van der Waals surface area contributed by atoms with Crippen molar-refractivity contribution in [3.05, 3.63) is 59.9 Å². The lowest BCUT2D eigenvalue weighted by Crippen LogP contribution is -2.34. The van der Waals surface area contributed by atoms with Gasteiger partial charge in [0.1, 0.15) is 5.82 Å². The van der Waals surface area contributed by atoms with Gasteiger partial charge < -0.3 is 15.8 Å². The van der Waals surface area contributed by atoms with Crippen LogP contribution in [0.25, 0.3) is 11.1 Å². The molecule has 3 N–H and O–H groups in total. The molecule has 1 aliphatic rings. The van der Waals surface area contributed by atoms with Crippen molar-refractivity contribution in [2.24, 2.45) is 5.73 Å². The molecule has 6 heteroatoms. The smallest absolute Gasteiger partial charge is 0.407 e. The van der Waals surface area contributed by atoms with E-state index in [1.807, 2.05) is 24.3 Å². The van der Waals surface area contributed by atoms with E-state index >= 15 is 0 Å². The van der Waals surface area contributed by atoms with Crippen LogP contribution < -0.4 is 11.1 Å². The number of nitrogens with one attached hydrogen (secondary N) is 1. The number of carbonyl (C=O) groups excluding carboxylic acids is 2. The first-order valence-electron chi connectivity index (χ1n) is 8.04. The Balaban J connectivity index is 1.62. The summed E-state index contributed by atoms with van der Waals surface area (Å²) in [6.07, 6.45) is 1.30. The molecule has 3 rings (SSSR count).